The molecule has 9 nitrogen and oxygen atoms in total. The Bertz CT molecular complexity index is 1200. The number of fused-ring (bicyclic) bond motifs is 4. The molecule has 9 heteroatoms. The average molecular weight is 434 g/mol. The molecule has 1 fully saturated rings. The molecule has 0 aromatic carbocycles. The van der Waals surface area contributed by atoms with Crippen LogP contribution in [-0.4, -0.2) is 49.9 Å². The normalized spacial score (nSPS) is 21.8. The van der Waals surface area contributed by atoms with Crippen molar-refractivity contribution in [2.24, 2.45) is 5.92 Å². The van der Waals surface area contributed by atoms with E-state index in [0.29, 0.717) is 19.6 Å². The summed E-state index contributed by atoms with van der Waals surface area (Å²) >= 11 is 0. The van der Waals surface area contributed by atoms with E-state index in [2.05, 4.69) is 25.3 Å². The lowest BCUT2D eigenvalue weighted by atomic mass is 9.78. The van der Waals surface area contributed by atoms with Crippen LogP contribution in [0.1, 0.15) is 35.6 Å². The van der Waals surface area contributed by atoms with Gasteiger partial charge >= 0.3 is 0 Å². The number of rotatable bonds is 5. The van der Waals surface area contributed by atoms with Gasteiger partial charge in [-0.25, -0.2) is 9.97 Å². The fourth-order valence-electron chi connectivity index (χ4n) is 5.06. The van der Waals surface area contributed by atoms with Crippen LogP contribution < -0.4 is 15.8 Å². The summed E-state index contributed by atoms with van der Waals surface area (Å²) in [5.74, 6) is 1.66. The second-order valence-electron chi connectivity index (χ2n) is 8.67. The van der Waals surface area contributed by atoms with E-state index in [-0.39, 0.29) is 23.3 Å². The van der Waals surface area contributed by atoms with Crippen LogP contribution in [0.5, 0.6) is 0 Å². The number of amides is 1. The molecule has 0 unspecified atom stereocenters. The van der Waals surface area contributed by atoms with E-state index in [1.54, 1.807) is 22.9 Å². The van der Waals surface area contributed by atoms with Crippen LogP contribution in [0.4, 0.5) is 5.82 Å². The smallest absolute Gasteiger partial charge is 0.251 e. The maximum absolute atomic E-state index is 13.4. The van der Waals surface area contributed by atoms with Gasteiger partial charge in [-0.05, 0) is 38.5 Å². The van der Waals surface area contributed by atoms with Crippen molar-refractivity contribution in [1.29, 1.82) is 0 Å². The Hall–Kier alpha value is -3.49. The summed E-state index contributed by atoms with van der Waals surface area (Å²) in [5.41, 5.74) is 1.75. The van der Waals surface area contributed by atoms with E-state index in [1.807, 2.05) is 42.9 Å². The van der Waals surface area contributed by atoms with Crippen molar-refractivity contribution in [2.45, 2.75) is 38.8 Å². The number of aryl methyl sites for hydroxylation is 2. The molecule has 2 aliphatic heterocycles. The number of hydrogen-bond acceptors (Lipinski definition) is 6. The van der Waals surface area contributed by atoms with Gasteiger partial charge in [-0.1, -0.05) is 6.07 Å². The number of carbonyl (C=O) groups is 1. The van der Waals surface area contributed by atoms with Crippen LogP contribution in [0.15, 0.2) is 47.5 Å². The van der Waals surface area contributed by atoms with E-state index in [4.69, 9.17) is 0 Å². The maximum atomic E-state index is 13.4. The van der Waals surface area contributed by atoms with E-state index in [0.717, 1.165) is 36.0 Å². The van der Waals surface area contributed by atoms with Gasteiger partial charge in [0, 0.05) is 55.6 Å². The quantitative estimate of drug-likeness (QED) is 0.654. The van der Waals surface area contributed by atoms with Crippen molar-refractivity contribution in [3.8, 4) is 0 Å². The van der Waals surface area contributed by atoms with Crippen molar-refractivity contribution in [1.82, 2.24) is 29.6 Å². The molecule has 1 N–H and O–H groups in total. The molecule has 32 heavy (non-hydrogen) atoms. The summed E-state index contributed by atoms with van der Waals surface area (Å²) in [6, 6.07) is 8.61. The first kappa shape index (κ1) is 20.4. The molecule has 3 aromatic rings. The topological polar surface area (TPSA) is 97.9 Å². The molecule has 1 amide bonds. The number of piperidine rings is 1. The Kier molecular flexibility index (Phi) is 5.24. The van der Waals surface area contributed by atoms with Crippen molar-refractivity contribution in [3.05, 3.63) is 70.3 Å². The van der Waals surface area contributed by atoms with Crippen LogP contribution in [0.3, 0.4) is 0 Å². The van der Waals surface area contributed by atoms with Crippen LogP contribution in [-0.2, 0) is 11.3 Å². The fraction of sp³-hybridized carbons (Fsp3) is 0.435. The van der Waals surface area contributed by atoms with Crippen molar-refractivity contribution in [2.75, 3.05) is 24.5 Å². The Morgan fingerprint density at radius 3 is 2.84 bits per heavy atom. The number of aromatic nitrogens is 5. The molecule has 0 radical (unpaired) electrons. The largest absolute Gasteiger partial charge is 0.355 e. The number of pyridine rings is 1. The van der Waals surface area contributed by atoms with Gasteiger partial charge in [0.05, 0.1) is 12.2 Å². The van der Waals surface area contributed by atoms with Gasteiger partial charge in [0.25, 0.3) is 5.56 Å². The molecular weight excluding hydrogens is 406 g/mol. The minimum atomic E-state index is -0.542. The van der Waals surface area contributed by atoms with E-state index >= 15 is 0 Å². The highest BCUT2D eigenvalue weighted by atomic mass is 16.2. The van der Waals surface area contributed by atoms with Gasteiger partial charge in [0.2, 0.25) is 5.91 Å². The summed E-state index contributed by atoms with van der Waals surface area (Å²) in [4.78, 5) is 37.2. The summed E-state index contributed by atoms with van der Waals surface area (Å²) < 4.78 is 3.53. The summed E-state index contributed by atoms with van der Waals surface area (Å²) in [6.07, 6.45) is 4.54. The Balaban J connectivity index is 1.41. The van der Waals surface area contributed by atoms with Crippen LogP contribution in [0.25, 0.3) is 0 Å². The van der Waals surface area contributed by atoms with Gasteiger partial charge in [0.15, 0.2) is 0 Å². The molecule has 0 saturated carbocycles. The van der Waals surface area contributed by atoms with Gasteiger partial charge in [-0.2, -0.15) is 5.10 Å². The lowest BCUT2D eigenvalue weighted by Crippen LogP contribution is -2.53. The van der Waals surface area contributed by atoms with E-state index in [1.165, 1.54) is 0 Å². The predicted octanol–water partition coefficient (Wildman–Crippen LogP) is 1.43. The summed E-state index contributed by atoms with van der Waals surface area (Å²) in [7, 11) is 0. The van der Waals surface area contributed by atoms with Crippen LogP contribution in [0.2, 0.25) is 0 Å². The Morgan fingerprint density at radius 1 is 1.19 bits per heavy atom. The SMILES string of the molecule is Cc1ccn(CCNC(=O)[C@H]2[C@H]3C[C@H](CN(c4ccnc(C)n4)C3)c3cccc(=O)n32)n1. The first-order valence-corrected chi connectivity index (χ1v) is 11.0. The molecule has 2 aliphatic rings. The second kappa shape index (κ2) is 8.22. The molecule has 166 valence electrons. The number of hydrogen-bond donors (Lipinski definition) is 1. The number of nitrogens with zero attached hydrogens (tertiary/aromatic N) is 6. The maximum Gasteiger partial charge on any atom is 0.251 e. The highest BCUT2D eigenvalue weighted by molar-refractivity contribution is 5.81. The fourth-order valence-corrected chi connectivity index (χ4v) is 5.06. The second-order valence-corrected chi connectivity index (χ2v) is 8.67. The number of nitrogens with one attached hydrogen (secondary N) is 1. The number of anilines is 1. The first-order chi connectivity index (χ1) is 15.5. The van der Waals surface area contributed by atoms with Crippen molar-refractivity contribution < 1.29 is 4.79 Å². The molecule has 0 aliphatic carbocycles. The molecule has 0 spiro atoms. The minimum absolute atomic E-state index is 0.0172. The molecule has 1 saturated heterocycles. The zero-order chi connectivity index (χ0) is 22.2. The Labute approximate surface area is 186 Å². The van der Waals surface area contributed by atoms with Crippen molar-refractivity contribution >= 4 is 11.7 Å². The summed E-state index contributed by atoms with van der Waals surface area (Å²) in [5, 5.41) is 7.40. The van der Waals surface area contributed by atoms with Gasteiger partial charge in [-0.3, -0.25) is 18.8 Å². The zero-order valence-electron chi connectivity index (χ0n) is 18.3. The monoisotopic (exact) mass is 433 g/mol. The highest BCUT2D eigenvalue weighted by Crippen LogP contribution is 2.42. The third kappa shape index (κ3) is 3.79. The lowest BCUT2D eigenvalue weighted by Gasteiger charge is -2.46. The van der Waals surface area contributed by atoms with Gasteiger partial charge in [0.1, 0.15) is 17.7 Å². The molecule has 3 aromatic heterocycles. The van der Waals surface area contributed by atoms with Crippen LogP contribution >= 0.6 is 0 Å². The average Bonchev–Trinajstić information content (AvgIpc) is 3.19. The van der Waals surface area contributed by atoms with Gasteiger partial charge in [-0.15, -0.1) is 0 Å². The third-order valence-electron chi connectivity index (χ3n) is 6.42. The van der Waals surface area contributed by atoms with Crippen molar-refractivity contribution in [3.63, 3.8) is 0 Å². The molecule has 5 rings (SSSR count). The highest BCUT2D eigenvalue weighted by Gasteiger charge is 2.43. The molecule has 2 bridgehead atoms. The molecule has 5 heterocycles. The standard InChI is InChI=1S/C23H27N7O2/c1-15-7-10-29(27-15)11-9-25-23(32)22-18-12-17(19-4-3-5-21(31)30(19)22)13-28(14-18)20-6-8-24-16(2)26-20/h3-8,10,17-18,22H,9,11-14H2,1-2H3,(H,25,32)/t17-,18+,22-/m1/s1. The van der Waals surface area contributed by atoms with Gasteiger partial charge < -0.3 is 10.2 Å². The predicted molar refractivity (Wildman–Crippen MR) is 120 cm³/mol. The zero-order valence-corrected chi connectivity index (χ0v) is 18.3. The Morgan fingerprint density at radius 2 is 2.06 bits per heavy atom. The molecule has 3 atom stereocenters. The van der Waals surface area contributed by atoms with Crippen LogP contribution in [0, 0.1) is 19.8 Å². The number of carbonyl (C=O) groups excluding carboxylic acids is 1. The van der Waals surface area contributed by atoms with E-state index in [9.17, 15) is 9.59 Å². The first-order valence-electron chi connectivity index (χ1n) is 11.0. The van der Waals surface area contributed by atoms with E-state index < -0.39 is 6.04 Å². The summed E-state index contributed by atoms with van der Waals surface area (Å²) in [6.45, 7) is 6.29. The lowest BCUT2D eigenvalue weighted by molar-refractivity contribution is -0.126. The third-order valence-corrected chi connectivity index (χ3v) is 6.42. The molecular formula is C23H27N7O2. The minimum Gasteiger partial charge on any atom is -0.355 e.